The van der Waals surface area contributed by atoms with Gasteiger partial charge in [-0.1, -0.05) is 6.08 Å². The molecular formula is C15H14N4S. The normalized spacial score (nSPS) is 10.4. The zero-order valence-electron chi connectivity index (χ0n) is 10.8. The highest BCUT2D eigenvalue weighted by atomic mass is 32.1. The molecule has 20 heavy (non-hydrogen) atoms. The summed E-state index contributed by atoms with van der Waals surface area (Å²) in [6.45, 7) is 4.42. The van der Waals surface area contributed by atoms with Crippen LogP contribution in [0.1, 0.15) is 0 Å². The molecule has 0 saturated carbocycles. The predicted octanol–water partition coefficient (Wildman–Crippen LogP) is 4.03. The Balaban J connectivity index is 1.80. The van der Waals surface area contributed by atoms with Crippen LogP contribution in [-0.2, 0) is 0 Å². The first-order valence-corrected chi connectivity index (χ1v) is 7.14. The molecule has 2 N–H and O–H groups in total. The fourth-order valence-electron chi connectivity index (χ4n) is 1.88. The predicted molar refractivity (Wildman–Crippen MR) is 85.8 cm³/mol. The Labute approximate surface area is 121 Å². The van der Waals surface area contributed by atoms with Crippen molar-refractivity contribution in [3.05, 3.63) is 54.7 Å². The van der Waals surface area contributed by atoms with Gasteiger partial charge in [0, 0.05) is 30.2 Å². The lowest BCUT2D eigenvalue weighted by Gasteiger charge is -2.08. The molecule has 0 radical (unpaired) electrons. The second-order valence-electron chi connectivity index (χ2n) is 4.26. The summed E-state index contributed by atoms with van der Waals surface area (Å²) in [6, 6.07) is 10.0. The number of aromatic nitrogens is 2. The van der Waals surface area contributed by atoms with E-state index in [1.807, 2.05) is 35.9 Å². The fraction of sp³-hybridized carbons (Fsp3) is 0.0667. The maximum absolute atomic E-state index is 4.32. The molecule has 4 nitrogen and oxygen atoms in total. The maximum Gasteiger partial charge on any atom is 0.132 e. The number of fused-ring (bicyclic) bond motifs is 1. The number of hydrogen-bond donors (Lipinski definition) is 2. The number of anilines is 3. The lowest BCUT2D eigenvalue weighted by Crippen LogP contribution is -1.99. The minimum atomic E-state index is 0.732. The summed E-state index contributed by atoms with van der Waals surface area (Å²) >= 11 is 1.63. The largest absolute Gasteiger partial charge is 0.381 e. The third-order valence-corrected chi connectivity index (χ3v) is 3.61. The van der Waals surface area contributed by atoms with Crippen LogP contribution in [0.4, 0.5) is 17.2 Å². The quantitative estimate of drug-likeness (QED) is 0.694. The summed E-state index contributed by atoms with van der Waals surface area (Å²) < 4.78 is 1.16. The van der Waals surface area contributed by atoms with Crippen LogP contribution < -0.4 is 10.6 Å². The maximum atomic E-state index is 4.32. The second kappa shape index (κ2) is 5.71. The van der Waals surface area contributed by atoms with E-state index in [-0.39, 0.29) is 0 Å². The standard InChI is InChI=1S/C15H14N4S/c1-2-6-16-11-5-7-17-15(9-11)19-12-3-4-13-14(8-12)20-10-18-13/h2-5,7-10H,1,6H2,(H2,16,17,19). The number of nitrogens with one attached hydrogen (secondary N) is 2. The van der Waals surface area contributed by atoms with Crippen LogP contribution in [0, 0.1) is 0 Å². The van der Waals surface area contributed by atoms with E-state index in [4.69, 9.17) is 0 Å². The first-order chi connectivity index (χ1) is 9.85. The van der Waals surface area contributed by atoms with Crippen LogP contribution in [0.5, 0.6) is 0 Å². The van der Waals surface area contributed by atoms with E-state index in [2.05, 4.69) is 33.2 Å². The topological polar surface area (TPSA) is 49.8 Å². The molecular weight excluding hydrogens is 268 g/mol. The van der Waals surface area contributed by atoms with E-state index in [9.17, 15) is 0 Å². The van der Waals surface area contributed by atoms with Crippen molar-refractivity contribution >= 4 is 38.7 Å². The van der Waals surface area contributed by atoms with Crippen LogP contribution in [0.2, 0.25) is 0 Å². The fourth-order valence-corrected chi connectivity index (χ4v) is 2.60. The summed E-state index contributed by atoms with van der Waals surface area (Å²) in [7, 11) is 0. The molecule has 0 aliphatic heterocycles. The Bertz CT molecular complexity index is 735. The highest BCUT2D eigenvalue weighted by molar-refractivity contribution is 7.16. The van der Waals surface area contributed by atoms with Crippen molar-refractivity contribution in [2.75, 3.05) is 17.2 Å². The van der Waals surface area contributed by atoms with Gasteiger partial charge < -0.3 is 10.6 Å². The van der Waals surface area contributed by atoms with E-state index in [1.54, 1.807) is 17.5 Å². The Morgan fingerprint density at radius 2 is 2.10 bits per heavy atom. The number of rotatable bonds is 5. The van der Waals surface area contributed by atoms with Crippen molar-refractivity contribution in [2.45, 2.75) is 0 Å². The minimum absolute atomic E-state index is 0.732. The molecule has 1 aromatic carbocycles. The minimum Gasteiger partial charge on any atom is -0.381 e. The smallest absolute Gasteiger partial charge is 0.132 e. The van der Waals surface area contributed by atoms with Gasteiger partial charge in [-0.2, -0.15) is 0 Å². The van der Waals surface area contributed by atoms with Crippen molar-refractivity contribution < 1.29 is 0 Å². The Morgan fingerprint density at radius 3 is 3.00 bits per heavy atom. The van der Waals surface area contributed by atoms with Gasteiger partial charge in [-0.15, -0.1) is 17.9 Å². The number of pyridine rings is 1. The van der Waals surface area contributed by atoms with Crippen LogP contribution in [0.3, 0.4) is 0 Å². The lowest BCUT2D eigenvalue weighted by atomic mass is 10.3. The Morgan fingerprint density at radius 1 is 1.15 bits per heavy atom. The van der Waals surface area contributed by atoms with Crippen molar-refractivity contribution in [1.82, 2.24) is 9.97 Å². The average molecular weight is 282 g/mol. The summed E-state index contributed by atoms with van der Waals surface area (Å²) in [5.74, 6) is 0.808. The monoisotopic (exact) mass is 282 g/mol. The van der Waals surface area contributed by atoms with Crippen LogP contribution in [-0.4, -0.2) is 16.5 Å². The second-order valence-corrected chi connectivity index (χ2v) is 5.15. The zero-order valence-corrected chi connectivity index (χ0v) is 11.7. The molecule has 0 unspecified atom stereocenters. The Hall–Kier alpha value is -2.40. The number of hydrogen-bond acceptors (Lipinski definition) is 5. The summed E-state index contributed by atoms with van der Waals surface area (Å²) in [5, 5.41) is 6.54. The molecule has 0 aliphatic rings. The SMILES string of the molecule is C=CCNc1ccnc(Nc2ccc3ncsc3c2)c1. The van der Waals surface area contributed by atoms with Gasteiger partial charge in [-0.05, 0) is 24.3 Å². The molecule has 2 heterocycles. The summed E-state index contributed by atoms with van der Waals surface area (Å²) in [4.78, 5) is 8.59. The summed E-state index contributed by atoms with van der Waals surface area (Å²) in [5.41, 5.74) is 4.90. The van der Waals surface area contributed by atoms with E-state index in [0.29, 0.717) is 0 Å². The average Bonchev–Trinajstić information content (AvgIpc) is 2.93. The van der Waals surface area contributed by atoms with E-state index in [1.165, 1.54) is 0 Å². The first-order valence-electron chi connectivity index (χ1n) is 6.26. The lowest BCUT2D eigenvalue weighted by molar-refractivity contribution is 1.27. The number of thiazole rings is 1. The number of benzene rings is 1. The van der Waals surface area contributed by atoms with Crippen LogP contribution in [0.15, 0.2) is 54.7 Å². The van der Waals surface area contributed by atoms with Crippen molar-refractivity contribution in [3.63, 3.8) is 0 Å². The molecule has 100 valence electrons. The molecule has 0 amide bonds. The molecule has 2 aromatic heterocycles. The van der Waals surface area contributed by atoms with E-state index in [0.717, 1.165) is 34.0 Å². The highest BCUT2D eigenvalue weighted by Crippen LogP contribution is 2.24. The van der Waals surface area contributed by atoms with Gasteiger partial charge in [0.15, 0.2) is 0 Å². The molecule has 3 aromatic rings. The highest BCUT2D eigenvalue weighted by Gasteiger charge is 2.01. The molecule has 0 fully saturated rings. The molecule has 5 heteroatoms. The zero-order chi connectivity index (χ0) is 13.8. The van der Waals surface area contributed by atoms with Crippen molar-refractivity contribution in [3.8, 4) is 0 Å². The van der Waals surface area contributed by atoms with Gasteiger partial charge in [0.05, 0.1) is 15.7 Å². The van der Waals surface area contributed by atoms with Gasteiger partial charge >= 0.3 is 0 Å². The molecule has 0 atom stereocenters. The molecule has 0 spiro atoms. The van der Waals surface area contributed by atoms with Crippen LogP contribution in [0.25, 0.3) is 10.2 Å². The van der Waals surface area contributed by atoms with Gasteiger partial charge in [-0.25, -0.2) is 9.97 Å². The van der Waals surface area contributed by atoms with Crippen molar-refractivity contribution in [2.24, 2.45) is 0 Å². The first kappa shape index (κ1) is 12.6. The van der Waals surface area contributed by atoms with Gasteiger partial charge in [0.25, 0.3) is 0 Å². The third kappa shape index (κ3) is 2.78. The Kier molecular flexibility index (Phi) is 3.60. The molecule has 3 rings (SSSR count). The van der Waals surface area contributed by atoms with Gasteiger partial charge in [0.2, 0.25) is 0 Å². The van der Waals surface area contributed by atoms with Crippen LogP contribution >= 0.6 is 11.3 Å². The molecule has 0 bridgehead atoms. The van der Waals surface area contributed by atoms with Gasteiger partial charge in [-0.3, -0.25) is 0 Å². The van der Waals surface area contributed by atoms with Crippen molar-refractivity contribution in [1.29, 1.82) is 0 Å². The third-order valence-electron chi connectivity index (χ3n) is 2.81. The van der Waals surface area contributed by atoms with E-state index >= 15 is 0 Å². The summed E-state index contributed by atoms with van der Waals surface area (Å²) in [6.07, 6.45) is 3.60. The molecule has 0 aliphatic carbocycles. The molecule has 0 saturated heterocycles. The van der Waals surface area contributed by atoms with Gasteiger partial charge in [0.1, 0.15) is 5.82 Å². The number of nitrogens with zero attached hydrogens (tertiary/aromatic N) is 2. The van der Waals surface area contributed by atoms with E-state index < -0.39 is 0 Å².